The fraction of sp³-hybridized carbons (Fsp3) is 0.500. The summed E-state index contributed by atoms with van der Waals surface area (Å²) in [6, 6.07) is 4.21. The molecule has 3 heteroatoms. The van der Waals surface area contributed by atoms with Gasteiger partial charge in [0.2, 0.25) is 0 Å². The van der Waals surface area contributed by atoms with Gasteiger partial charge in [0.15, 0.2) is 0 Å². The first-order valence-corrected chi connectivity index (χ1v) is 5.70. The van der Waals surface area contributed by atoms with Crippen LogP contribution < -0.4 is 5.73 Å². The van der Waals surface area contributed by atoms with Gasteiger partial charge in [-0.2, -0.15) is 0 Å². The lowest BCUT2D eigenvalue weighted by Gasteiger charge is -2.09. The number of rotatable bonds is 3. The summed E-state index contributed by atoms with van der Waals surface area (Å²) in [4.78, 5) is 4.29. The molecular weight excluding hydrogens is 275 g/mol. The van der Waals surface area contributed by atoms with Gasteiger partial charge in [-0.15, -0.1) is 0 Å². The number of nitrogens with zero attached hydrogens (tertiary/aromatic N) is 1. The lowest BCUT2D eigenvalue weighted by Crippen LogP contribution is -2.12. The summed E-state index contributed by atoms with van der Waals surface area (Å²) < 4.78 is 1.22. The van der Waals surface area contributed by atoms with Crippen LogP contribution in [0.25, 0.3) is 0 Å². The SMILES string of the molecule is NC(CC1CC1)c1cc(I)ccn1. The van der Waals surface area contributed by atoms with E-state index in [-0.39, 0.29) is 6.04 Å². The van der Waals surface area contributed by atoms with E-state index in [1.807, 2.05) is 12.3 Å². The van der Waals surface area contributed by atoms with Crippen molar-refractivity contribution >= 4 is 22.6 Å². The van der Waals surface area contributed by atoms with Gasteiger partial charge in [-0.3, -0.25) is 4.98 Å². The van der Waals surface area contributed by atoms with E-state index in [1.54, 1.807) is 0 Å². The number of aromatic nitrogens is 1. The molecule has 2 nitrogen and oxygen atoms in total. The average molecular weight is 288 g/mol. The number of hydrogen-bond donors (Lipinski definition) is 1. The Morgan fingerprint density at radius 1 is 1.62 bits per heavy atom. The third-order valence-electron chi connectivity index (χ3n) is 2.41. The fourth-order valence-electron chi connectivity index (χ4n) is 1.46. The van der Waals surface area contributed by atoms with Crippen LogP contribution in [-0.4, -0.2) is 4.98 Å². The highest BCUT2D eigenvalue weighted by Crippen LogP contribution is 2.36. The molecule has 0 radical (unpaired) electrons. The summed E-state index contributed by atoms with van der Waals surface area (Å²) in [5.41, 5.74) is 7.08. The molecule has 1 unspecified atom stereocenters. The van der Waals surface area contributed by atoms with Gasteiger partial charge in [-0.05, 0) is 47.1 Å². The fourth-order valence-corrected chi connectivity index (χ4v) is 1.94. The number of halogens is 1. The molecular formula is C10H13IN2. The van der Waals surface area contributed by atoms with Crippen molar-refractivity contribution in [2.75, 3.05) is 0 Å². The minimum absolute atomic E-state index is 0.141. The van der Waals surface area contributed by atoms with Crippen molar-refractivity contribution in [1.82, 2.24) is 4.98 Å². The summed E-state index contributed by atoms with van der Waals surface area (Å²) in [7, 11) is 0. The molecule has 70 valence electrons. The zero-order valence-corrected chi connectivity index (χ0v) is 9.57. The Labute approximate surface area is 92.1 Å². The van der Waals surface area contributed by atoms with Gasteiger partial charge in [-0.25, -0.2) is 0 Å². The van der Waals surface area contributed by atoms with Crippen LogP contribution in [0.1, 0.15) is 31.0 Å². The lowest BCUT2D eigenvalue weighted by molar-refractivity contribution is 0.583. The predicted octanol–water partition coefficient (Wildman–Crippen LogP) is 2.49. The van der Waals surface area contributed by atoms with Crippen LogP contribution in [0, 0.1) is 9.49 Å². The number of hydrogen-bond acceptors (Lipinski definition) is 2. The molecule has 1 aliphatic carbocycles. The van der Waals surface area contributed by atoms with Gasteiger partial charge >= 0.3 is 0 Å². The Morgan fingerprint density at radius 3 is 3.00 bits per heavy atom. The van der Waals surface area contributed by atoms with Crippen LogP contribution in [0.2, 0.25) is 0 Å². The second-order valence-corrected chi connectivity index (χ2v) is 4.93. The van der Waals surface area contributed by atoms with E-state index in [2.05, 4.69) is 33.6 Å². The van der Waals surface area contributed by atoms with Crippen LogP contribution in [0.5, 0.6) is 0 Å². The van der Waals surface area contributed by atoms with Gasteiger partial charge in [0.05, 0.1) is 5.69 Å². The lowest BCUT2D eigenvalue weighted by atomic mass is 10.1. The first kappa shape index (κ1) is 9.40. The summed E-state index contributed by atoms with van der Waals surface area (Å²) >= 11 is 2.29. The molecule has 2 rings (SSSR count). The molecule has 0 amide bonds. The molecule has 0 aliphatic heterocycles. The van der Waals surface area contributed by atoms with Crippen LogP contribution in [-0.2, 0) is 0 Å². The van der Waals surface area contributed by atoms with Crippen molar-refractivity contribution in [2.45, 2.75) is 25.3 Å². The van der Waals surface area contributed by atoms with Crippen LogP contribution in [0.15, 0.2) is 18.3 Å². The molecule has 2 N–H and O–H groups in total. The minimum Gasteiger partial charge on any atom is -0.323 e. The molecule has 0 bridgehead atoms. The van der Waals surface area contributed by atoms with Gasteiger partial charge in [0, 0.05) is 15.8 Å². The number of nitrogens with two attached hydrogens (primary N) is 1. The van der Waals surface area contributed by atoms with Crippen molar-refractivity contribution in [1.29, 1.82) is 0 Å². The Hall–Kier alpha value is -0.160. The maximum atomic E-state index is 6.04. The second-order valence-electron chi connectivity index (χ2n) is 3.68. The predicted molar refractivity (Wildman–Crippen MR) is 61.2 cm³/mol. The highest BCUT2D eigenvalue weighted by molar-refractivity contribution is 14.1. The van der Waals surface area contributed by atoms with Crippen LogP contribution in [0.4, 0.5) is 0 Å². The van der Waals surface area contributed by atoms with E-state index >= 15 is 0 Å². The highest BCUT2D eigenvalue weighted by Gasteiger charge is 2.24. The topological polar surface area (TPSA) is 38.9 Å². The van der Waals surface area contributed by atoms with Crippen LogP contribution in [0.3, 0.4) is 0 Å². The standard InChI is InChI=1S/C10H13IN2/c11-8-3-4-13-10(6-8)9(12)5-7-1-2-7/h3-4,6-7,9H,1-2,5,12H2. The van der Waals surface area contributed by atoms with E-state index in [0.29, 0.717) is 0 Å². The van der Waals surface area contributed by atoms with Crippen molar-refractivity contribution in [3.8, 4) is 0 Å². The maximum Gasteiger partial charge on any atom is 0.0581 e. The van der Waals surface area contributed by atoms with E-state index in [1.165, 1.54) is 16.4 Å². The third-order valence-corrected chi connectivity index (χ3v) is 3.08. The molecule has 0 saturated heterocycles. The average Bonchev–Trinajstić information content (AvgIpc) is 2.88. The van der Waals surface area contributed by atoms with Gasteiger partial charge in [-0.1, -0.05) is 12.8 Å². The van der Waals surface area contributed by atoms with Crippen molar-refractivity contribution in [3.63, 3.8) is 0 Å². The smallest absolute Gasteiger partial charge is 0.0581 e. The van der Waals surface area contributed by atoms with Crippen LogP contribution >= 0.6 is 22.6 Å². The van der Waals surface area contributed by atoms with Gasteiger partial charge in [0.1, 0.15) is 0 Å². The number of pyridine rings is 1. The van der Waals surface area contributed by atoms with E-state index < -0.39 is 0 Å². The molecule has 1 saturated carbocycles. The van der Waals surface area contributed by atoms with Gasteiger partial charge in [0.25, 0.3) is 0 Å². The molecule has 1 aromatic heterocycles. The zero-order valence-electron chi connectivity index (χ0n) is 7.41. The summed E-state index contributed by atoms with van der Waals surface area (Å²) in [5, 5.41) is 0. The quantitative estimate of drug-likeness (QED) is 0.868. The normalized spacial score (nSPS) is 18.6. The largest absolute Gasteiger partial charge is 0.323 e. The maximum absolute atomic E-state index is 6.04. The minimum atomic E-state index is 0.141. The molecule has 0 aromatic carbocycles. The Morgan fingerprint density at radius 2 is 2.38 bits per heavy atom. The van der Waals surface area contributed by atoms with Crippen molar-refractivity contribution < 1.29 is 0 Å². The third kappa shape index (κ3) is 2.64. The Kier molecular flexibility index (Phi) is 2.83. The summed E-state index contributed by atoms with van der Waals surface area (Å²) in [6.07, 6.45) is 5.66. The first-order valence-electron chi connectivity index (χ1n) is 4.63. The molecule has 1 fully saturated rings. The highest BCUT2D eigenvalue weighted by atomic mass is 127. The molecule has 1 aliphatic rings. The molecule has 1 aromatic rings. The van der Waals surface area contributed by atoms with Gasteiger partial charge < -0.3 is 5.73 Å². The van der Waals surface area contributed by atoms with Crippen molar-refractivity contribution in [2.24, 2.45) is 11.7 Å². The molecule has 0 spiro atoms. The zero-order chi connectivity index (χ0) is 9.26. The molecule has 13 heavy (non-hydrogen) atoms. The monoisotopic (exact) mass is 288 g/mol. The van der Waals surface area contributed by atoms with Crippen molar-refractivity contribution in [3.05, 3.63) is 27.6 Å². The van der Waals surface area contributed by atoms with E-state index in [0.717, 1.165) is 18.0 Å². The Bertz CT molecular complexity index is 297. The van der Waals surface area contributed by atoms with E-state index in [9.17, 15) is 0 Å². The summed E-state index contributed by atoms with van der Waals surface area (Å²) in [6.45, 7) is 0. The summed E-state index contributed by atoms with van der Waals surface area (Å²) in [5.74, 6) is 0.870. The first-order chi connectivity index (χ1) is 6.25. The van der Waals surface area contributed by atoms with E-state index in [4.69, 9.17) is 5.73 Å². The molecule has 1 heterocycles. The Balaban J connectivity index is 2.04. The second kappa shape index (κ2) is 3.92. The molecule has 1 atom stereocenters.